The van der Waals surface area contributed by atoms with Crippen molar-refractivity contribution in [2.45, 2.75) is 128 Å². The third-order valence-electron chi connectivity index (χ3n) is 10.4. The van der Waals surface area contributed by atoms with Crippen LogP contribution in [0.25, 0.3) is 10.9 Å². The Balaban J connectivity index is 1.98. The van der Waals surface area contributed by atoms with Crippen LogP contribution in [0, 0.1) is 5.92 Å². The van der Waals surface area contributed by atoms with Gasteiger partial charge < -0.3 is 64.3 Å². The summed E-state index contributed by atoms with van der Waals surface area (Å²) < 4.78 is 0. The minimum absolute atomic E-state index is 0.00793. The van der Waals surface area contributed by atoms with E-state index in [1.807, 2.05) is 38.1 Å². The number of fused-ring (bicyclic) bond motifs is 1. The highest BCUT2D eigenvalue weighted by Crippen LogP contribution is 2.20. The lowest BCUT2D eigenvalue weighted by Crippen LogP contribution is -2.60. The first-order chi connectivity index (χ1) is 29.9. The summed E-state index contributed by atoms with van der Waals surface area (Å²) in [6.07, 6.45) is 2.81. The minimum atomic E-state index is -1.44. The lowest BCUT2D eigenvalue weighted by Gasteiger charge is -2.28. The Morgan fingerprint density at radius 3 is 1.67 bits per heavy atom. The maximum Gasteiger partial charge on any atom is 0.243 e. The average Bonchev–Trinajstić information content (AvgIpc) is 3.63. The summed E-state index contributed by atoms with van der Waals surface area (Å²) in [7, 11) is 0. The standard InChI is InChI=1S/C44H66N10O9/c1-25(2)21-35(51-43(62)36(22-28-15-17-30(57)18-16-28)52-40(59)33(49-27(4)56)13-7-9-19-45)42(61)53-37(23-29-24-48-32-12-6-5-11-31(29)32)44(63)50-34(14-8-10-20-46)41(60)54-38(26(3)55)39(47)58/h5-6,11-12,15-18,24-26,33-38,48,55,57H,7-10,13-14,19-23,45-46H2,1-4H3,(H2,47,58)(H,49,56)(H,50,63)(H,51,62)(H,52,59)(H,53,61)(H,54,60)/t26-,33+,34+,35+,36+,37+,38+/m1/s1. The molecule has 0 spiro atoms. The summed E-state index contributed by atoms with van der Waals surface area (Å²) in [6.45, 7) is 6.94. The number of aliphatic hydroxyl groups excluding tert-OH is 1. The Morgan fingerprint density at radius 2 is 1.13 bits per heavy atom. The predicted octanol–water partition coefficient (Wildman–Crippen LogP) is -0.242. The van der Waals surface area contributed by atoms with Crippen LogP contribution in [0.1, 0.15) is 83.8 Å². The van der Waals surface area contributed by atoms with Gasteiger partial charge in [-0.3, -0.25) is 33.6 Å². The van der Waals surface area contributed by atoms with Crippen LogP contribution in [-0.2, 0) is 46.4 Å². The Morgan fingerprint density at radius 1 is 0.635 bits per heavy atom. The highest BCUT2D eigenvalue weighted by molar-refractivity contribution is 5.97. The number of carbonyl (C=O) groups excluding carboxylic acids is 7. The molecular formula is C44H66N10O9. The summed E-state index contributed by atoms with van der Waals surface area (Å²) in [4.78, 5) is 97.5. The number of amides is 7. The van der Waals surface area contributed by atoms with Crippen LogP contribution in [0.5, 0.6) is 5.75 Å². The number of aromatic nitrogens is 1. The Bertz CT molecular complexity index is 1990. The zero-order valence-corrected chi connectivity index (χ0v) is 36.6. The van der Waals surface area contributed by atoms with Gasteiger partial charge in [-0.15, -0.1) is 0 Å². The van der Waals surface area contributed by atoms with Gasteiger partial charge in [0.25, 0.3) is 0 Å². The van der Waals surface area contributed by atoms with E-state index in [4.69, 9.17) is 17.2 Å². The fraction of sp³-hybridized carbons (Fsp3) is 0.523. The number of nitrogens with two attached hydrogens (primary N) is 3. The van der Waals surface area contributed by atoms with Crippen LogP contribution >= 0.6 is 0 Å². The van der Waals surface area contributed by atoms with E-state index in [9.17, 15) is 43.8 Å². The van der Waals surface area contributed by atoms with Crippen molar-refractivity contribution >= 4 is 52.3 Å². The van der Waals surface area contributed by atoms with Gasteiger partial charge in [0.1, 0.15) is 42.0 Å². The summed E-state index contributed by atoms with van der Waals surface area (Å²) in [5.41, 5.74) is 18.8. The van der Waals surface area contributed by atoms with E-state index in [2.05, 4.69) is 36.9 Å². The number of carbonyl (C=O) groups is 7. The smallest absolute Gasteiger partial charge is 0.243 e. The third-order valence-corrected chi connectivity index (χ3v) is 10.4. The molecule has 0 aliphatic carbocycles. The lowest BCUT2D eigenvalue weighted by atomic mass is 9.99. The van der Waals surface area contributed by atoms with Crippen molar-refractivity contribution < 1.29 is 43.8 Å². The molecule has 15 N–H and O–H groups in total. The number of unbranched alkanes of at least 4 members (excludes halogenated alkanes) is 2. The van der Waals surface area contributed by atoms with E-state index in [1.54, 1.807) is 18.3 Å². The average molecular weight is 879 g/mol. The van der Waals surface area contributed by atoms with E-state index in [-0.39, 0.29) is 43.8 Å². The van der Waals surface area contributed by atoms with Gasteiger partial charge in [-0.2, -0.15) is 0 Å². The molecule has 346 valence electrons. The molecule has 19 heteroatoms. The van der Waals surface area contributed by atoms with Crippen LogP contribution < -0.4 is 49.1 Å². The molecular weight excluding hydrogens is 813 g/mol. The van der Waals surface area contributed by atoms with Crippen molar-refractivity contribution in [1.82, 2.24) is 36.9 Å². The van der Waals surface area contributed by atoms with Crippen LogP contribution in [-0.4, -0.2) is 112 Å². The third kappa shape index (κ3) is 17.0. The zero-order valence-electron chi connectivity index (χ0n) is 36.6. The van der Waals surface area contributed by atoms with Gasteiger partial charge in [-0.05, 0) is 100 Å². The second-order valence-electron chi connectivity index (χ2n) is 16.3. The molecule has 0 aliphatic heterocycles. The van der Waals surface area contributed by atoms with Crippen LogP contribution in [0.15, 0.2) is 54.7 Å². The number of hydrogen-bond acceptors (Lipinski definition) is 11. The molecule has 3 aromatic rings. The van der Waals surface area contributed by atoms with Crippen molar-refractivity contribution in [3.05, 3.63) is 65.9 Å². The molecule has 0 fully saturated rings. The number of aromatic amines is 1. The monoisotopic (exact) mass is 879 g/mol. The number of aliphatic hydroxyl groups is 1. The molecule has 0 unspecified atom stereocenters. The predicted molar refractivity (Wildman–Crippen MR) is 237 cm³/mol. The summed E-state index contributed by atoms with van der Waals surface area (Å²) in [5, 5.41) is 36.9. The minimum Gasteiger partial charge on any atom is -0.508 e. The number of rotatable bonds is 27. The molecule has 3 rings (SSSR count). The number of para-hydroxylation sites is 1. The van der Waals surface area contributed by atoms with E-state index in [1.165, 1.54) is 26.0 Å². The van der Waals surface area contributed by atoms with Gasteiger partial charge in [0.15, 0.2) is 0 Å². The molecule has 7 amide bonds. The second kappa shape index (κ2) is 25.8. The molecule has 0 radical (unpaired) electrons. The molecule has 0 bridgehead atoms. The van der Waals surface area contributed by atoms with Gasteiger partial charge >= 0.3 is 0 Å². The number of nitrogens with one attached hydrogen (secondary N) is 7. The van der Waals surface area contributed by atoms with E-state index in [0.29, 0.717) is 49.9 Å². The van der Waals surface area contributed by atoms with Crippen molar-refractivity contribution in [2.75, 3.05) is 13.1 Å². The van der Waals surface area contributed by atoms with Gasteiger partial charge in [-0.1, -0.05) is 44.2 Å². The summed E-state index contributed by atoms with van der Waals surface area (Å²) in [6, 6.07) is 5.97. The maximum absolute atomic E-state index is 14.4. The topological polar surface area (TPSA) is 326 Å². The fourth-order valence-electron chi connectivity index (χ4n) is 7.05. The molecule has 0 saturated carbocycles. The first kappa shape index (κ1) is 51.3. The number of phenols is 1. The van der Waals surface area contributed by atoms with Gasteiger partial charge in [0.05, 0.1) is 6.10 Å². The number of hydrogen-bond donors (Lipinski definition) is 12. The van der Waals surface area contributed by atoms with Gasteiger partial charge in [-0.25, -0.2) is 0 Å². The fourth-order valence-corrected chi connectivity index (χ4v) is 7.05. The largest absolute Gasteiger partial charge is 0.508 e. The van der Waals surface area contributed by atoms with Crippen LogP contribution in [0.4, 0.5) is 0 Å². The Kier molecular flexibility index (Phi) is 21.0. The van der Waals surface area contributed by atoms with Crippen molar-refractivity contribution in [2.24, 2.45) is 23.1 Å². The molecule has 1 heterocycles. The van der Waals surface area contributed by atoms with Gasteiger partial charge in [0.2, 0.25) is 41.4 Å². The number of H-pyrrole nitrogens is 1. The number of aromatic hydroxyl groups is 1. The van der Waals surface area contributed by atoms with Crippen molar-refractivity contribution in [1.29, 1.82) is 0 Å². The normalized spacial score (nSPS) is 14.6. The Labute approximate surface area is 367 Å². The molecule has 2 aromatic carbocycles. The Hall–Kier alpha value is -6.05. The summed E-state index contributed by atoms with van der Waals surface area (Å²) >= 11 is 0. The molecule has 0 aliphatic rings. The highest BCUT2D eigenvalue weighted by atomic mass is 16.3. The van der Waals surface area contributed by atoms with Gasteiger partial charge in [0, 0.05) is 36.9 Å². The molecule has 1 aromatic heterocycles. The highest BCUT2D eigenvalue weighted by Gasteiger charge is 2.34. The maximum atomic E-state index is 14.4. The van der Waals surface area contributed by atoms with E-state index in [0.717, 1.165) is 10.9 Å². The van der Waals surface area contributed by atoms with Crippen molar-refractivity contribution in [3.63, 3.8) is 0 Å². The molecule has 19 nitrogen and oxygen atoms in total. The number of primary amides is 1. The quantitative estimate of drug-likeness (QED) is 0.0444. The van der Waals surface area contributed by atoms with Crippen LogP contribution in [0.2, 0.25) is 0 Å². The first-order valence-corrected chi connectivity index (χ1v) is 21.4. The molecule has 7 atom stereocenters. The summed E-state index contributed by atoms with van der Waals surface area (Å²) in [5.74, 6) is -5.19. The number of phenolic OH excluding ortho intramolecular Hbond substituents is 1. The second-order valence-corrected chi connectivity index (χ2v) is 16.3. The zero-order chi connectivity index (χ0) is 46.6. The van der Waals surface area contributed by atoms with Crippen molar-refractivity contribution in [3.8, 4) is 5.75 Å². The lowest BCUT2D eigenvalue weighted by molar-refractivity contribution is -0.136. The SMILES string of the molecule is CC(=O)N[C@@H](CCCCN)C(=O)N[C@@H](Cc1ccc(O)cc1)C(=O)N[C@@H](CC(C)C)C(=O)N[C@@H](Cc1c[nH]c2ccccc12)C(=O)N[C@@H](CCCCN)C(=O)N[C@H](C(N)=O)[C@@H](C)O. The van der Waals surface area contributed by atoms with E-state index < -0.39 is 83.7 Å². The molecule has 63 heavy (non-hydrogen) atoms. The molecule has 0 saturated heterocycles. The number of benzene rings is 2. The van der Waals surface area contributed by atoms with Crippen LogP contribution in [0.3, 0.4) is 0 Å². The van der Waals surface area contributed by atoms with E-state index >= 15 is 0 Å². The first-order valence-electron chi connectivity index (χ1n) is 21.4.